The van der Waals surface area contributed by atoms with Crippen molar-refractivity contribution in [2.75, 3.05) is 10.6 Å². The van der Waals surface area contributed by atoms with Crippen LogP contribution >= 0.6 is 22.7 Å². The summed E-state index contributed by atoms with van der Waals surface area (Å²) in [6.45, 7) is 7.48. The number of ketones is 2. The van der Waals surface area contributed by atoms with Gasteiger partial charge >= 0.3 is 11.9 Å². The Kier molecular flexibility index (Phi) is 14.6. The number of carboxylic acids is 2. The Morgan fingerprint density at radius 3 is 1.50 bits per heavy atom. The molecule has 2 amide bonds. The summed E-state index contributed by atoms with van der Waals surface area (Å²) in [5.41, 5.74) is 0.989. The van der Waals surface area contributed by atoms with Gasteiger partial charge in [-0.15, -0.1) is 22.7 Å². The Labute approximate surface area is 324 Å². The molecule has 1 aliphatic rings. The van der Waals surface area contributed by atoms with Crippen LogP contribution in [0, 0.1) is 10.8 Å². The molecule has 12 heteroatoms. The van der Waals surface area contributed by atoms with Crippen molar-refractivity contribution >= 4 is 68.0 Å². The molecule has 286 valence electrons. The summed E-state index contributed by atoms with van der Waals surface area (Å²) < 4.78 is 0. The standard InChI is InChI=1S/C22H25NO4S.C20H23NO4S/c1-2-16-12-17(20(27)15-8-4-3-5-9-15)21(28-16)23-18(24)13-22(14-19(25)26)10-6-7-11-22;1-4-14-10-15(18(25)13-8-6-5-7-9-13)19(26-14)21-16(22)11-20(2,3)12-17(23)24/h3-5,8-9,12H,2,6-7,10-11,13-14H2,1H3,(H,23,24)(H,25,26);5-10H,4,11-12H2,1-3H3,(H,21,22)(H,23,24). The maximum Gasteiger partial charge on any atom is 0.303 e. The van der Waals surface area contributed by atoms with Gasteiger partial charge in [-0.1, -0.05) is 101 Å². The number of carbonyl (C=O) groups is 6. The van der Waals surface area contributed by atoms with Gasteiger partial charge in [-0.25, -0.2) is 0 Å². The van der Waals surface area contributed by atoms with Gasteiger partial charge in [0, 0.05) is 33.7 Å². The lowest BCUT2D eigenvalue weighted by Crippen LogP contribution is -2.27. The molecular weight excluding hydrogens is 725 g/mol. The van der Waals surface area contributed by atoms with E-state index >= 15 is 0 Å². The molecule has 10 nitrogen and oxygen atoms in total. The Bertz CT molecular complexity index is 1960. The zero-order valence-corrected chi connectivity index (χ0v) is 32.8. The molecule has 0 saturated heterocycles. The Morgan fingerprint density at radius 1 is 0.648 bits per heavy atom. The number of carboxylic acid groups (broad SMARTS) is 2. The van der Waals surface area contributed by atoms with Gasteiger partial charge in [0.15, 0.2) is 11.6 Å². The topological polar surface area (TPSA) is 167 Å². The molecule has 54 heavy (non-hydrogen) atoms. The van der Waals surface area contributed by atoms with E-state index in [2.05, 4.69) is 10.6 Å². The van der Waals surface area contributed by atoms with Gasteiger partial charge in [-0.3, -0.25) is 28.8 Å². The van der Waals surface area contributed by atoms with E-state index in [9.17, 15) is 33.9 Å². The van der Waals surface area contributed by atoms with Crippen LogP contribution in [0.3, 0.4) is 0 Å². The van der Waals surface area contributed by atoms with Crippen LogP contribution in [0.1, 0.15) is 121 Å². The van der Waals surface area contributed by atoms with Crippen molar-refractivity contribution in [3.05, 3.63) is 105 Å². The van der Waals surface area contributed by atoms with Crippen LogP contribution in [-0.2, 0) is 32.0 Å². The molecule has 0 spiro atoms. The summed E-state index contributed by atoms with van der Waals surface area (Å²) in [5, 5.41) is 25.0. The maximum atomic E-state index is 12.9. The lowest BCUT2D eigenvalue weighted by atomic mass is 9.79. The molecule has 1 fully saturated rings. The highest BCUT2D eigenvalue weighted by molar-refractivity contribution is 7.17. The van der Waals surface area contributed by atoms with E-state index < -0.39 is 22.8 Å². The summed E-state index contributed by atoms with van der Waals surface area (Å²) in [6.07, 6.45) is 5.13. The number of amides is 2. The van der Waals surface area contributed by atoms with Crippen molar-refractivity contribution in [2.45, 2.75) is 91.9 Å². The Balaban J connectivity index is 0.000000241. The quantitative estimate of drug-likeness (QED) is 0.0818. The normalized spacial score (nSPS) is 13.3. The fourth-order valence-electron chi connectivity index (χ4n) is 6.70. The second-order valence-corrected chi connectivity index (χ2v) is 16.7. The number of benzene rings is 2. The second kappa shape index (κ2) is 18.9. The third-order valence-electron chi connectivity index (χ3n) is 9.33. The zero-order chi connectivity index (χ0) is 39.5. The van der Waals surface area contributed by atoms with E-state index in [0.717, 1.165) is 48.3 Å². The summed E-state index contributed by atoms with van der Waals surface area (Å²) in [6, 6.07) is 21.6. The molecule has 2 aromatic heterocycles. The summed E-state index contributed by atoms with van der Waals surface area (Å²) in [7, 11) is 0. The van der Waals surface area contributed by atoms with Gasteiger partial charge in [0.05, 0.1) is 24.0 Å². The molecule has 0 bridgehead atoms. The van der Waals surface area contributed by atoms with Gasteiger partial charge in [0.25, 0.3) is 0 Å². The number of rotatable bonds is 16. The van der Waals surface area contributed by atoms with Crippen LogP contribution in [0.2, 0.25) is 0 Å². The minimum absolute atomic E-state index is 0.0148. The fourth-order valence-corrected chi connectivity index (χ4v) is 8.72. The van der Waals surface area contributed by atoms with Crippen molar-refractivity contribution in [1.82, 2.24) is 0 Å². The number of aliphatic carboxylic acids is 2. The van der Waals surface area contributed by atoms with Crippen LogP contribution in [0.5, 0.6) is 0 Å². The second-order valence-electron chi connectivity index (χ2n) is 14.5. The smallest absolute Gasteiger partial charge is 0.303 e. The van der Waals surface area contributed by atoms with Gasteiger partial charge < -0.3 is 20.8 Å². The van der Waals surface area contributed by atoms with E-state index in [1.165, 1.54) is 22.7 Å². The Morgan fingerprint density at radius 2 is 1.09 bits per heavy atom. The number of aryl methyl sites for hydroxylation is 2. The molecule has 1 saturated carbocycles. The number of hydrogen-bond acceptors (Lipinski definition) is 8. The van der Waals surface area contributed by atoms with Crippen LogP contribution < -0.4 is 10.6 Å². The van der Waals surface area contributed by atoms with Crippen LogP contribution in [0.15, 0.2) is 72.8 Å². The van der Waals surface area contributed by atoms with E-state index in [-0.39, 0.29) is 49.1 Å². The molecule has 1 aliphatic carbocycles. The van der Waals surface area contributed by atoms with E-state index in [0.29, 0.717) is 32.3 Å². The van der Waals surface area contributed by atoms with Gasteiger partial charge in [-0.05, 0) is 48.6 Å². The van der Waals surface area contributed by atoms with Crippen LogP contribution in [-0.4, -0.2) is 45.5 Å². The number of carbonyl (C=O) groups excluding carboxylic acids is 4. The largest absolute Gasteiger partial charge is 0.481 e. The first-order chi connectivity index (χ1) is 25.6. The Hall–Kier alpha value is -4.94. The lowest BCUT2D eigenvalue weighted by Gasteiger charge is -2.26. The van der Waals surface area contributed by atoms with Gasteiger partial charge in [0.2, 0.25) is 11.8 Å². The molecule has 0 radical (unpaired) electrons. The minimum Gasteiger partial charge on any atom is -0.481 e. The minimum atomic E-state index is -0.938. The highest BCUT2D eigenvalue weighted by atomic mass is 32.1. The van der Waals surface area contributed by atoms with E-state index in [4.69, 9.17) is 5.11 Å². The van der Waals surface area contributed by atoms with Gasteiger partial charge in [0.1, 0.15) is 10.0 Å². The molecule has 0 atom stereocenters. The molecule has 0 unspecified atom stereocenters. The van der Waals surface area contributed by atoms with E-state index in [1.54, 1.807) is 50.2 Å². The molecular formula is C42H48N2O8S2. The first kappa shape index (κ1) is 41.8. The monoisotopic (exact) mass is 772 g/mol. The number of hydrogen-bond donors (Lipinski definition) is 4. The first-order valence-corrected chi connectivity index (χ1v) is 19.8. The average molecular weight is 773 g/mol. The van der Waals surface area contributed by atoms with Crippen molar-refractivity contribution in [3.8, 4) is 0 Å². The van der Waals surface area contributed by atoms with Crippen LogP contribution in [0.25, 0.3) is 0 Å². The summed E-state index contributed by atoms with van der Waals surface area (Å²) in [5.74, 6) is -2.56. The average Bonchev–Trinajstić information content (AvgIpc) is 3.86. The highest BCUT2D eigenvalue weighted by Crippen LogP contribution is 2.44. The van der Waals surface area contributed by atoms with Crippen molar-refractivity contribution in [3.63, 3.8) is 0 Å². The SMILES string of the molecule is CCc1cc(C(=O)c2ccccc2)c(NC(=O)CC(C)(C)CC(=O)O)s1.CCc1cc(C(=O)c2ccccc2)c(NC(=O)CC2(CC(=O)O)CCCC2)s1. The third-order valence-corrected chi connectivity index (χ3v) is 11.7. The van der Waals surface area contributed by atoms with E-state index in [1.807, 2.05) is 50.2 Å². The summed E-state index contributed by atoms with van der Waals surface area (Å²) >= 11 is 2.79. The fraction of sp³-hybridized carbons (Fsp3) is 0.381. The molecule has 0 aliphatic heterocycles. The van der Waals surface area contributed by atoms with Crippen LogP contribution in [0.4, 0.5) is 10.0 Å². The van der Waals surface area contributed by atoms with Crippen molar-refractivity contribution in [2.24, 2.45) is 10.8 Å². The third kappa shape index (κ3) is 11.8. The van der Waals surface area contributed by atoms with Crippen molar-refractivity contribution < 1.29 is 39.0 Å². The number of anilines is 2. The zero-order valence-electron chi connectivity index (χ0n) is 31.2. The highest BCUT2D eigenvalue weighted by Gasteiger charge is 2.38. The number of nitrogens with one attached hydrogen (secondary N) is 2. The predicted octanol–water partition coefficient (Wildman–Crippen LogP) is 9.28. The molecule has 4 aromatic rings. The first-order valence-electron chi connectivity index (χ1n) is 18.1. The maximum absolute atomic E-state index is 12.9. The number of thiophene rings is 2. The molecule has 2 heterocycles. The molecule has 2 aromatic carbocycles. The predicted molar refractivity (Wildman–Crippen MR) is 213 cm³/mol. The summed E-state index contributed by atoms with van der Waals surface area (Å²) in [4.78, 5) is 75.1. The lowest BCUT2D eigenvalue weighted by molar-refractivity contribution is -0.141. The van der Waals surface area contributed by atoms with Gasteiger partial charge in [-0.2, -0.15) is 0 Å². The molecule has 4 N–H and O–H groups in total. The van der Waals surface area contributed by atoms with Crippen molar-refractivity contribution in [1.29, 1.82) is 0 Å². The molecule has 5 rings (SSSR count).